The van der Waals surface area contributed by atoms with Crippen molar-refractivity contribution < 1.29 is 5.11 Å². The number of hydrogen-bond acceptors (Lipinski definition) is 2. The van der Waals surface area contributed by atoms with Gasteiger partial charge in [0.1, 0.15) is 5.75 Å². The first kappa shape index (κ1) is 16.4. The number of aryl methyl sites for hydroxylation is 1. The van der Waals surface area contributed by atoms with Gasteiger partial charge < -0.3 is 15.7 Å². The summed E-state index contributed by atoms with van der Waals surface area (Å²) in [5.41, 5.74) is 9.66. The maximum Gasteiger partial charge on any atom is 0.191 e. The summed E-state index contributed by atoms with van der Waals surface area (Å²) in [6.07, 6.45) is 7.02. The van der Waals surface area contributed by atoms with Crippen molar-refractivity contribution in [3.05, 3.63) is 28.8 Å². The van der Waals surface area contributed by atoms with Gasteiger partial charge in [-0.2, -0.15) is 0 Å². The van der Waals surface area contributed by atoms with Crippen LogP contribution in [0.4, 0.5) is 0 Å². The van der Waals surface area contributed by atoms with E-state index < -0.39 is 0 Å². The van der Waals surface area contributed by atoms with Crippen LogP contribution in [-0.4, -0.2) is 29.1 Å². The molecule has 0 spiro atoms. The van der Waals surface area contributed by atoms with Crippen molar-refractivity contribution in [2.75, 3.05) is 7.05 Å². The molecule has 3 N–H and O–H groups in total. The van der Waals surface area contributed by atoms with Gasteiger partial charge in [0.05, 0.1) is 6.54 Å². The topological polar surface area (TPSA) is 61.8 Å². The minimum Gasteiger partial charge on any atom is -0.508 e. The second-order valence-electron chi connectivity index (χ2n) is 5.92. The SMILES string of the molecule is CN(C(N)=NCc1c(O)ccc2c1CCCC2)C1CC1.I. The highest BCUT2D eigenvalue weighted by molar-refractivity contribution is 14.0. The van der Waals surface area contributed by atoms with Crippen LogP contribution in [0.2, 0.25) is 0 Å². The molecule has 2 aliphatic carbocycles. The van der Waals surface area contributed by atoms with E-state index in [4.69, 9.17) is 5.73 Å². The number of nitrogens with zero attached hydrogens (tertiary/aromatic N) is 2. The van der Waals surface area contributed by atoms with Crippen LogP contribution >= 0.6 is 24.0 Å². The fourth-order valence-corrected chi connectivity index (χ4v) is 2.99. The summed E-state index contributed by atoms with van der Waals surface area (Å²) in [7, 11) is 2.00. The van der Waals surface area contributed by atoms with Gasteiger partial charge in [-0.15, -0.1) is 24.0 Å². The molecule has 0 unspecified atom stereocenters. The predicted molar refractivity (Wildman–Crippen MR) is 96.3 cm³/mol. The summed E-state index contributed by atoms with van der Waals surface area (Å²) in [5, 5.41) is 10.1. The van der Waals surface area contributed by atoms with E-state index in [0.29, 0.717) is 24.3 Å². The van der Waals surface area contributed by atoms with E-state index >= 15 is 0 Å². The number of aromatic hydroxyl groups is 1. The highest BCUT2D eigenvalue weighted by atomic mass is 127. The standard InChI is InChI=1S/C16H23N3O.HI/c1-19(12-7-8-12)16(17)18-10-14-13-5-3-2-4-11(13)6-9-15(14)20;/h6,9,12,20H,2-5,7-8,10H2,1H3,(H2,17,18);1H. The number of benzene rings is 1. The van der Waals surface area contributed by atoms with Crippen molar-refractivity contribution in [1.82, 2.24) is 4.90 Å². The zero-order chi connectivity index (χ0) is 14.1. The van der Waals surface area contributed by atoms with Gasteiger partial charge in [0, 0.05) is 18.7 Å². The third-order valence-electron chi connectivity index (χ3n) is 4.48. The second-order valence-corrected chi connectivity index (χ2v) is 5.92. The fraction of sp³-hybridized carbons (Fsp3) is 0.562. The van der Waals surface area contributed by atoms with Crippen LogP contribution in [-0.2, 0) is 19.4 Å². The van der Waals surface area contributed by atoms with E-state index in [0.717, 1.165) is 18.4 Å². The van der Waals surface area contributed by atoms with Crippen molar-refractivity contribution in [3.63, 3.8) is 0 Å². The first-order valence-corrected chi connectivity index (χ1v) is 7.52. The fourth-order valence-electron chi connectivity index (χ4n) is 2.99. The third-order valence-corrected chi connectivity index (χ3v) is 4.48. The van der Waals surface area contributed by atoms with Gasteiger partial charge in [-0.3, -0.25) is 0 Å². The molecule has 1 fully saturated rings. The van der Waals surface area contributed by atoms with Crippen LogP contribution < -0.4 is 5.73 Å². The molecule has 21 heavy (non-hydrogen) atoms. The number of nitrogens with two attached hydrogens (primary N) is 1. The van der Waals surface area contributed by atoms with Gasteiger partial charge in [0.15, 0.2) is 5.96 Å². The molecular formula is C16H24IN3O. The van der Waals surface area contributed by atoms with E-state index in [2.05, 4.69) is 11.1 Å². The van der Waals surface area contributed by atoms with Crippen LogP contribution in [0.1, 0.15) is 42.4 Å². The van der Waals surface area contributed by atoms with E-state index in [9.17, 15) is 5.11 Å². The molecule has 2 aliphatic rings. The first-order valence-electron chi connectivity index (χ1n) is 7.52. The number of aliphatic imine (C=N–C) groups is 1. The number of fused-ring (bicyclic) bond motifs is 1. The van der Waals surface area contributed by atoms with E-state index in [-0.39, 0.29) is 24.0 Å². The van der Waals surface area contributed by atoms with E-state index in [1.165, 1.54) is 36.8 Å². The molecular weight excluding hydrogens is 377 g/mol. The van der Waals surface area contributed by atoms with Crippen molar-refractivity contribution in [2.24, 2.45) is 10.7 Å². The lowest BCUT2D eigenvalue weighted by Crippen LogP contribution is -2.35. The van der Waals surface area contributed by atoms with Gasteiger partial charge in [-0.05, 0) is 55.7 Å². The molecule has 5 heteroatoms. The monoisotopic (exact) mass is 401 g/mol. The van der Waals surface area contributed by atoms with Crippen molar-refractivity contribution in [1.29, 1.82) is 0 Å². The van der Waals surface area contributed by atoms with E-state index in [1.807, 2.05) is 11.9 Å². The Bertz CT molecular complexity index is 541. The normalized spacial score (nSPS) is 17.9. The number of phenolic OH excluding ortho intramolecular Hbond substituents is 1. The number of hydrogen-bond donors (Lipinski definition) is 2. The molecule has 0 saturated heterocycles. The smallest absolute Gasteiger partial charge is 0.191 e. The highest BCUT2D eigenvalue weighted by Crippen LogP contribution is 2.31. The van der Waals surface area contributed by atoms with Crippen LogP contribution in [0.15, 0.2) is 17.1 Å². The molecule has 1 aromatic carbocycles. The average Bonchev–Trinajstić information content (AvgIpc) is 3.29. The summed E-state index contributed by atoms with van der Waals surface area (Å²) in [6, 6.07) is 4.42. The minimum absolute atomic E-state index is 0. The molecule has 0 aromatic heterocycles. The minimum atomic E-state index is 0. The van der Waals surface area contributed by atoms with Gasteiger partial charge in [-0.25, -0.2) is 4.99 Å². The number of halogens is 1. The molecule has 3 rings (SSSR count). The number of guanidine groups is 1. The lowest BCUT2D eigenvalue weighted by Gasteiger charge is -2.21. The lowest BCUT2D eigenvalue weighted by atomic mass is 9.88. The van der Waals surface area contributed by atoms with Gasteiger partial charge in [0.2, 0.25) is 0 Å². The Morgan fingerprint density at radius 3 is 2.76 bits per heavy atom. The third kappa shape index (κ3) is 3.62. The van der Waals surface area contributed by atoms with Crippen LogP contribution in [0.5, 0.6) is 5.75 Å². The highest BCUT2D eigenvalue weighted by Gasteiger charge is 2.27. The average molecular weight is 401 g/mol. The van der Waals surface area contributed by atoms with Crippen LogP contribution in [0.3, 0.4) is 0 Å². The quantitative estimate of drug-likeness (QED) is 0.465. The Balaban J connectivity index is 0.00000161. The number of rotatable bonds is 3. The molecule has 1 aromatic rings. The maximum atomic E-state index is 10.1. The van der Waals surface area contributed by atoms with Crippen LogP contribution in [0, 0.1) is 0 Å². The molecule has 116 valence electrons. The zero-order valence-corrected chi connectivity index (χ0v) is 14.8. The molecule has 0 radical (unpaired) electrons. The Kier molecular flexibility index (Phi) is 5.35. The van der Waals surface area contributed by atoms with Crippen LogP contribution in [0.25, 0.3) is 0 Å². The van der Waals surface area contributed by atoms with Crippen molar-refractivity contribution in [3.8, 4) is 5.75 Å². The Hall–Kier alpha value is -0.980. The lowest BCUT2D eigenvalue weighted by molar-refractivity contribution is 0.464. The maximum absolute atomic E-state index is 10.1. The van der Waals surface area contributed by atoms with E-state index in [1.54, 1.807) is 6.07 Å². The summed E-state index contributed by atoms with van der Waals surface area (Å²) >= 11 is 0. The van der Waals surface area contributed by atoms with Crippen molar-refractivity contribution >= 4 is 29.9 Å². The summed E-state index contributed by atoms with van der Waals surface area (Å²) in [6.45, 7) is 0.484. The van der Waals surface area contributed by atoms with Crippen molar-refractivity contribution in [2.45, 2.75) is 51.1 Å². The zero-order valence-electron chi connectivity index (χ0n) is 12.5. The molecule has 0 atom stereocenters. The van der Waals surface area contributed by atoms with Gasteiger partial charge >= 0.3 is 0 Å². The Morgan fingerprint density at radius 1 is 1.33 bits per heavy atom. The van der Waals surface area contributed by atoms with Gasteiger partial charge in [-0.1, -0.05) is 6.07 Å². The largest absolute Gasteiger partial charge is 0.508 e. The Labute approximate surface area is 143 Å². The summed E-state index contributed by atoms with van der Waals surface area (Å²) in [5.74, 6) is 0.941. The Morgan fingerprint density at radius 2 is 2.05 bits per heavy atom. The predicted octanol–water partition coefficient (Wildman–Crippen LogP) is 2.80. The van der Waals surface area contributed by atoms with Gasteiger partial charge in [0.25, 0.3) is 0 Å². The second kappa shape index (κ2) is 6.85. The molecule has 4 nitrogen and oxygen atoms in total. The molecule has 0 heterocycles. The number of phenols is 1. The summed E-state index contributed by atoms with van der Waals surface area (Å²) in [4.78, 5) is 6.53. The molecule has 0 aliphatic heterocycles. The molecule has 0 amide bonds. The first-order chi connectivity index (χ1) is 9.66. The summed E-state index contributed by atoms with van der Waals surface area (Å²) < 4.78 is 0. The molecule has 0 bridgehead atoms. The molecule has 1 saturated carbocycles.